The number of nitrogens with two attached hydrogens (primary N) is 1. The summed E-state index contributed by atoms with van der Waals surface area (Å²) in [6, 6.07) is -0.0933. The molecule has 0 fully saturated rings. The van der Waals surface area contributed by atoms with Crippen LogP contribution < -0.4 is 5.73 Å². The van der Waals surface area contributed by atoms with Crippen molar-refractivity contribution in [2.45, 2.75) is 44.2 Å². The van der Waals surface area contributed by atoms with E-state index in [2.05, 4.69) is 5.10 Å². The molecular formula is C12H23ClF2N4O2S. The van der Waals surface area contributed by atoms with Crippen LogP contribution in [0.4, 0.5) is 8.78 Å². The van der Waals surface area contributed by atoms with E-state index in [4.69, 9.17) is 5.73 Å². The van der Waals surface area contributed by atoms with Crippen molar-refractivity contribution in [3.63, 3.8) is 0 Å². The monoisotopic (exact) mass is 360 g/mol. The minimum absolute atomic E-state index is 0. The molecule has 0 spiro atoms. The van der Waals surface area contributed by atoms with E-state index in [-0.39, 0.29) is 35.8 Å². The van der Waals surface area contributed by atoms with E-state index >= 15 is 0 Å². The number of halogens is 3. The van der Waals surface area contributed by atoms with Crippen LogP contribution in [-0.4, -0.2) is 48.6 Å². The van der Waals surface area contributed by atoms with E-state index in [0.29, 0.717) is 6.42 Å². The van der Waals surface area contributed by atoms with Crippen LogP contribution in [-0.2, 0) is 16.6 Å². The second-order valence-electron chi connectivity index (χ2n) is 5.31. The fraction of sp³-hybridized carbons (Fsp3) is 0.750. The Kier molecular flexibility index (Phi) is 8.45. The van der Waals surface area contributed by atoms with Crippen LogP contribution in [0.2, 0.25) is 0 Å². The standard InChI is InChI=1S/C12H22F2N4O2S.ClH/c1-9(2)11(15)4-5-17(3)21(19,20)10-6-16-18(7-10)8-12(13)14;/h6-7,9,11-12H,4-5,8,15H2,1-3H3;1H. The third-order valence-corrected chi connectivity index (χ3v) is 5.09. The van der Waals surface area contributed by atoms with Gasteiger partial charge in [-0.25, -0.2) is 21.5 Å². The molecule has 0 bridgehead atoms. The smallest absolute Gasteiger partial charge is 0.257 e. The highest BCUT2D eigenvalue weighted by molar-refractivity contribution is 7.89. The molecule has 1 unspecified atom stereocenters. The van der Waals surface area contributed by atoms with Crippen molar-refractivity contribution in [2.24, 2.45) is 11.7 Å². The number of hydrogen-bond acceptors (Lipinski definition) is 4. The van der Waals surface area contributed by atoms with E-state index < -0.39 is 23.0 Å². The Bertz CT molecular complexity index is 551. The Balaban J connectivity index is 0.00000441. The fourth-order valence-corrected chi connectivity index (χ4v) is 2.82. The molecule has 1 heterocycles. The second kappa shape index (κ2) is 8.76. The first-order valence-electron chi connectivity index (χ1n) is 6.67. The molecule has 2 N–H and O–H groups in total. The van der Waals surface area contributed by atoms with Gasteiger partial charge in [0.05, 0.1) is 6.20 Å². The summed E-state index contributed by atoms with van der Waals surface area (Å²) >= 11 is 0. The quantitative estimate of drug-likeness (QED) is 0.762. The number of sulfonamides is 1. The molecule has 6 nitrogen and oxygen atoms in total. The van der Waals surface area contributed by atoms with Crippen molar-refractivity contribution in [3.8, 4) is 0 Å². The van der Waals surface area contributed by atoms with Gasteiger partial charge in [0.25, 0.3) is 6.43 Å². The molecule has 0 aliphatic carbocycles. The van der Waals surface area contributed by atoms with Crippen LogP contribution in [0.25, 0.3) is 0 Å². The summed E-state index contributed by atoms with van der Waals surface area (Å²) in [5.41, 5.74) is 5.88. The average Bonchev–Trinajstić information content (AvgIpc) is 2.83. The summed E-state index contributed by atoms with van der Waals surface area (Å²) in [5.74, 6) is 0.259. The first kappa shape index (κ1) is 21.2. The van der Waals surface area contributed by atoms with Gasteiger partial charge in [-0.15, -0.1) is 12.4 Å². The van der Waals surface area contributed by atoms with Gasteiger partial charge < -0.3 is 5.73 Å². The lowest BCUT2D eigenvalue weighted by Gasteiger charge is -2.20. The maximum absolute atomic E-state index is 12.3. The number of alkyl halides is 2. The summed E-state index contributed by atoms with van der Waals surface area (Å²) in [4.78, 5) is -0.0937. The van der Waals surface area contributed by atoms with E-state index in [0.717, 1.165) is 17.1 Å². The van der Waals surface area contributed by atoms with E-state index in [1.54, 1.807) is 0 Å². The first-order chi connectivity index (χ1) is 9.64. The van der Waals surface area contributed by atoms with Crippen molar-refractivity contribution in [1.29, 1.82) is 0 Å². The lowest BCUT2D eigenvalue weighted by Crippen LogP contribution is -2.34. The number of hydrogen-bond donors (Lipinski definition) is 1. The van der Waals surface area contributed by atoms with Crippen LogP contribution in [0, 0.1) is 5.92 Å². The highest BCUT2D eigenvalue weighted by Crippen LogP contribution is 2.15. The summed E-state index contributed by atoms with van der Waals surface area (Å²) in [7, 11) is -2.29. The molecular weight excluding hydrogens is 338 g/mol. The second-order valence-corrected chi connectivity index (χ2v) is 7.36. The van der Waals surface area contributed by atoms with Gasteiger partial charge in [-0.3, -0.25) is 4.68 Å². The summed E-state index contributed by atoms with van der Waals surface area (Å²) in [6.07, 6.45) is 0.137. The van der Waals surface area contributed by atoms with Crippen molar-refractivity contribution >= 4 is 22.4 Å². The van der Waals surface area contributed by atoms with Crippen LogP contribution in [0.5, 0.6) is 0 Å². The van der Waals surface area contributed by atoms with Crippen molar-refractivity contribution in [2.75, 3.05) is 13.6 Å². The molecule has 0 aliphatic rings. The first-order valence-corrected chi connectivity index (χ1v) is 8.11. The van der Waals surface area contributed by atoms with Gasteiger partial charge in [-0.2, -0.15) is 5.10 Å². The molecule has 0 amide bonds. The largest absolute Gasteiger partial charge is 0.327 e. The molecule has 0 aliphatic heterocycles. The lowest BCUT2D eigenvalue weighted by molar-refractivity contribution is 0.121. The molecule has 1 rings (SSSR count). The third kappa shape index (κ3) is 5.79. The molecule has 0 saturated carbocycles. The van der Waals surface area contributed by atoms with Gasteiger partial charge in [0.2, 0.25) is 10.0 Å². The predicted molar refractivity (Wildman–Crippen MR) is 82.7 cm³/mol. The fourth-order valence-electron chi connectivity index (χ4n) is 1.68. The molecule has 22 heavy (non-hydrogen) atoms. The summed E-state index contributed by atoms with van der Waals surface area (Å²) < 4.78 is 51.1. The zero-order valence-corrected chi connectivity index (χ0v) is 14.4. The highest BCUT2D eigenvalue weighted by Gasteiger charge is 2.23. The van der Waals surface area contributed by atoms with Crippen molar-refractivity contribution in [1.82, 2.24) is 14.1 Å². The minimum atomic E-state index is -3.73. The molecule has 10 heteroatoms. The van der Waals surface area contributed by atoms with E-state index in [9.17, 15) is 17.2 Å². The number of aromatic nitrogens is 2. The molecule has 0 aromatic carbocycles. The van der Waals surface area contributed by atoms with Gasteiger partial charge in [0, 0.05) is 25.8 Å². The van der Waals surface area contributed by atoms with Crippen molar-refractivity contribution in [3.05, 3.63) is 12.4 Å². The maximum Gasteiger partial charge on any atom is 0.257 e. The Labute approximate surface area is 136 Å². The minimum Gasteiger partial charge on any atom is -0.327 e. The van der Waals surface area contributed by atoms with Gasteiger partial charge >= 0.3 is 0 Å². The molecule has 130 valence electrons. The number of nitrogens with zero attached hydrogens (tertiary/aromatic N) is 3. The van der Waals surface area contributed by atoms with E-state index in [1.807, 2.05) is 13.8 Å². The van der Waals surface area contributed by atoms with Crippen molar-refractivity contribution < 1.29 is 17.2 Å². The zero-order chi connectivity index (χ0) is 16.2. The Morgan fingerprint density at radius 1 is 1.41 bits per heavy atom. The molecule has 0 radical (unpaired) electrons. The SMILES string of the molecule is CC(C)C(N)CCN(C)S(=O)(=O)c1cnn(CC(F)F)c1.Cl. The highest BCUT2D eigenvalue weighted by atomic mass is 35.5. The number of rotatable bonds is 8. The molecule has 1 aromatic rings. The van der Waals surface area contributed by atoms with Gasteiger partial charge in [-0.1, -0.05) is 13.8 Å². The van der Waals surface area contributed by atoms with Crippen LogP contribution in [0.1, 0.15) is 20.3 Å². The molecule has 1 atom stereocenters. The van der Waals surface area contributed by atoms with Gasteiger partial charge in [-0.05, 0) is 12.3 Å². The summed E-state index contributed by atoms with van der Waals surface area (Å²) in [6.45, 7) is 3.57. The van der Waals surface area contributed by atoms with Crippen LogP contribution >= 0.6 is 12.4 Å². The van der Waals surface area contributed by atoms with Crippen LogP contribution in [0.15, 0.2) is 17.3 Å². The maximum atomic E-state index is 12.3. The average molecular weight is 361 g/mol. The Morgan fingerprint density at radius 2 is 2.00 bits per heavy atom. The van der Waals surface area contributed by atoms with Gasteiger partial charge in [0.1, 0.15) is 11.4 Å². The molecule has 1 aromatic heterocycles. The zero-order valence-electron chi connectivity index (χ0n) is 12.8. The third-order valence-electron chi connectivity index (χ3n) is 3.28. The predicted octanol–water partition coefficient (Wildman–Crippen LogP) is 1.56. The van der Waals surface area contributed by atoms with Gasteiger partial charge in [0.15, 0.2) is 0 Å². The Morgan fingerprint density at radius 3 is 2.50 bits per heavy atom. The van der Waals surface area contributed by atoms with E-state index in [1.165, 1.54) is 11.4 Å². The topological polar surface area (TPSA) is 81.2 Å². The normalized spacial score (nSPS) is 13.7. The Hall–Kier alpha value is -0.770. The lowest BCUT2D eigenvalue weighted by atomic mass is 10.0. The molecule has 0 saturated heterocycles. The van der Waals surface area contributed by atoms with Crippen LogP contribution in [0.3, 0.4) is 0 Å². The summed E-state index contributed by atoms with van der Waals surface area (Å²) in [5, 5.41) is 3.63.